The van der Waals surface area contributed by atoms with Gasteiger partial charge in [0.25, 0.3) is 5.91 Å². The molecule has 0 atom stereocenters. The van der Waals surface area contributed by atoms with Gasteiger partial charge in [-0.25, -0.2) is 4.98 Å². The first kappa shape index (κ1) is 23.8. The number of rotatable bonds is 5. The number of pyridine rings is 1. The molecule has 0 radical (unpaired) electrons. The van der Waals surface area contributed by atoms with E-state index >= 15 is 0 Å². The monoisotopic (exact) mass is 490 g/mol. The zero-order valence-corrected chi connectivity index (χ0v) is 18.8. The fourth-order valence-corrected chi connectivity index (χ4v) is 4.03. The SMILES string of the molecule is O=C(Nc1ccc(N2CCN(Cc3cc(Cl)ccc3O)CC2)nc1)c1ccccc1C(F)(F)F. The van der Waals surface area contributed by atoms with Gasteiger partial charge in [0.15, 0.2) is 0 Å². The topological polar surface area (TPSA) is 68.7 Å². The van der Waals surface area contributed by atoms with Crippen LogP contribution in [0.25, 0.3) is 0 Å². The molecule has 3 aromatic rings. The minimum absolute atomic E-state index is 0.212. The molecule has 6 nitrogen and oxygen atoms in total. The Kier molecular flexibility index (Phi) is 6.95. The minimum Gasteiger partial charge on any atom is -0.508 e. The van der Waals surface area contributed by atoms with Gasteiger partial charge < -0.3 is 15.3 Å². The molecule has 10 heteroatoms. The number of phenols is 1. The fraction of sp³-hybridized carbons (Fsp3) is 0.250. The highest BCUT2D eigenvalue weighted by atomic mass is 35.5. The highest BCUT2D eigenvalue weighted by Crippen LogP contribution is 2.32. The molecule has 1 saturated heterocycles. The lowest BCUT2D eigenvalue weighted by Gasteiger charge is -2.35. The van der Waals surface area contributed by atoms with Crippen LogP contribution < -0.4 is 10.2 Å². The molecule has 0 bridgehead atoms. The third-order valence-corrected chi connectivity index (χ3v) is 5.85. The predicted molar refractivity (Wildman–Crippen MR) is 124 cm³/mol. The van der Waals surface area contributed by atoms with Crippen LogP contribution in [-0.2, 0) is 12.7 Å². The summed E-state index contributed by atoms with van der Waals surface area (Å²) in [7, 11) is 0. The minimum atomic E-state index is -4.62. The summed E-state index contributed by atoms with van der Waals surface area (Å²) in [6, 6.07) is 13.0. The number of aromatic nitrogens is 1. The van der Waals surface area contributed by atoms with Crippen LogP contribution in [-0.4, -0.2) is 47.1 Å². The van der Waals surface area contributed by atoms with Crippen molar-refractivity contribution in [1.29, 1.82) is 0 Å². The number of benzene rings is 2. The van der Waals surface area contributed by atoms with E-state index in [0.29, 0.717) is 36.2 Å². The quantitative estimate of drug-likeness (QED) is 0.525. The Morgan fingerprint density at radius 3 is 2.47 bits per heavy atom. The van der Waals surface area contributed by atoms with Gasteiger partial charge in [0.05, 0.1) is 23.0 Å². The first-order valence-electron chi connectivity index (χ1n) is 10.6. The van der Waals surface area contributed by atoms with Gasteiger partial charge in [-0.15, -0.1) is 0 Å². The van der Waals surface area contributed by atoms with Gasteiger partial charge in [0, 0.05) is 43.3 Å². The van der Waals surface area contributed by atoms with Gasteiger partial charge in [0.2, 0.25) is 0 Å². The zero-order chi connectivity index (χ0) is 24.3. The molecule has 4 rings (SSSR count). The maximum atomic E-state index is 13.2. The zero-order valence-electron chi connectivity index (χ0n) is 18.0. The molecule has 1 fully saturated rings. The van der Waals surface area contributed by atoms with E-state index in [1.165, 1.54) is 18.3 Å². The standard InChI is InChI=1S/C24H22ClF3N4O2/c25-17-5-7-21(33)16(13-17)15-31-9-11-32(12-10-31)22-8-6-18(14-29-22)30-23(34)19-3-1-2-4-20(19)24(26,27)28/h1-8,13-14,33H,9-12,15H2,(H,30,34). The maximum Gasteiger partial charge on any atom is 0.417 e. The molecule has 2 heterocycles. The normalized spacial score (nSPS) is 14.8. The lowest BCUT2D eigenvalue weighted by molar-refractivity contribution is -0.137. The average Bonchev–Trinajstić information content (AvgIpc) is 2.82. The number of aromatic hydroxyl groups is 1. The van der Waals surface area contributed by atoms with E-state index in [2.05, 4.69) is 20.1 Å². The van der Waals surface area contributed by atoms with Gasteiger partial charge in [-0.3, -0.25) is 9.69 Å². The molecule has 2 N–H and O–H groups in total. The summed E-state index contributed by atoms with van der Waals surface area (Å²) >= 11 is 6.02. The second-order valence-electron chi connectivity index (χ2n) is 7.94. The molecule has 0 unspecified atom stereocenters. The van der Waals surface area contributed by atoms with E-state index in [9.17, 15) is 23.1 Å². The van der Waals surface area contributed by atoms with Gasteiger partial charge in [-0.1, -0.05) is 23.7 Å². The van der Waals surface area contributed by atoms with Crippen LogP contribution in [0.2, 0.25) is 5.02 Å². The number of nitrogens with zero attached hydrogens (tertiary/aromatic N) is 3. The van der Waals surface area contributed by atoms with Crippen LogP contribution in [0.3, 0.4) is 0 Å². The summed E-state index contributed by atoms with van der Waals surface area (Å²) in [5.74, 6) is 0.0725. The van der Waals surface area contributed by atoms with E-state index in [-0.39, 0.29) is 5.75 Å². The van der Waals surface area contributed by atoms with Crippen molar-refractivity contribution in [2.75, 3.05) is 36.4 Å². The fourth-order valence-electron chi connectivity index (χ4n) is 3.83. The molecule has 2 aromatic carbocycles. The van der Waals surface area contributed by atoms with Crippen LogP contribution >= 0.6 is 11.6 Å². The van der Waals surface area contributed by atoms with Crippen LogP contribution in [0.1, 0.15) is 21.5 Å². The summed E-state index contributed by atoms with van der Waals surface area (Å²) in [4.78, 5) is 21.1. The molecular weight excluding hydrogens is 469 g/mol. The van der Waals surface area contributed by atoms with Crippen LogP contribution in [0.5, 0.6) is 5.75 Å². The van der Waals surface area contributed by atoms with Crippen molar-refractivity contribution in [3.8, 4) is 5.75 Å². The Morgan fingerprint density at radius 2 is 1.79 bits per heavy atom. The van der Waals surface area contributed by atoms with Gasteiger partial charge >= 0.3 is 6.18 Å². The summed E-state index contributed by atoms with van der Waals surface area (Å²) in [6.07, 6.45) is -3.19. The second kappa shape index (κ2) is 9.90. The number of anilines is 2. The Labute approximate surface area is 199 Å². The first-order valence-corrected chi connectivity index (χ1v) is 11.0. The molecule has 34 heavy (non-hydrogen) atoms. The number of nitrogens with one attached hydrogen (secondary N) is 1. The molecule has 0 saturated carbocycles. The lowest BCUT2D eigenvalue weighted by Crippen LogP contribution is -2.46. The summed E-state index contributed by atoms with van der Waals surface area (Å²) in [6.45, 7) is 3.50. The Morgan fingerprint density at radius 1 is 1.06 bits per heavy atom. The molecule has 1 amide bonds. The second-order valence-corrected chi connectivity index (χ2v) is 8.38. The van der Waals surface area contributed by atoms with E-state index in [1.807, 2.05) is 0 Å². The summed E-state index contributed by atoms with van der Waals surface area (Å²) < 4.78 is 39.5. The lowest BCUT2D eigenvalue weighted by atomic mass is 10.1. The van der Waals surface area contributed by atoms with Crippen LogP contribution in [0.15, 0.2) is 60.8 Å². The van der Waals surface area contributed by atoms with E-state index in [0.717, 1.165) is 30.8 Å². The Hall–Kier alpha value is -3.30. The van der Waals surface area contributed by atoms with Crippen molar-refractivity contribution in [2.45, 2.75) is 12.7 Å². The van der Waals surface area contributed by atoms with E-state index < -0.39 is 23.2 Å². The van der Waals surface area contributed by atoms with Crippen molar-refractivity contribution in [1.82, 2.24) is 9.88 Å². The molecule has 1 aliphatic heterocycles. The third kappa shape index (κ3) is 5.60. The Bertz CT molecular complexity index is 1160. The largest absolute Gasteiger partial charge is 0.508 e. The highest BCUT2D eigenvalue weighted by Gasteiger charge is 2.34. The molecular formula is C24H22ClF3N4O2. The number of piperazine rings is 1. The maximum absolute atomic E-state index is 13.2. The van der Waals surface area contributed by atoms with Crippen molar-refractivity contribution < 1.29 is 23.1 Å². The third-order valence-electron chi connectivity index (χ3n) is 5.61. The molecule has 1 aliphatic rings. The van der Waals surface area contributed by atoms with E-state index in [1.54, 1.807) is 30.3 Å². The predicted octanol–water partition coefficient (Wildman–Crippen LogP) is 5.03. The number of halogens is 4. The van der Waals surface area contributed by atoms with Gasteiger partial charge in [-0.05, 0) is 42.5 Å². The number of hydrogen-bond donors (Lipinski definition) is 2. The number of carbonyl (C=O) groups is 1. The van der Waals surface area contributed by atoms with Crippen molar-refractivity contribution in [3.05, 3.63) is 82.5 Å². The van der Waals surface area contributed by atoms with Crippen LogP contribution in [0.4, 0.5) is 24.7 Å². The highest BCUT2D eigenvalue weighted by molar-refractivity contribution is 6.30. The smallest absolute Gasteiger partial charge is 0.417 e. The number of amides is 1. The number of carbonyl (C=O) groups excluding carboxylic acids is 1. The van der Waals surface area contributed by atoms with Gasteiger partial charge in [0.1, 0.15) is 11.6 Å². The molecule has 178 valence electrons. The molecule has 1 aromatic heterocycles. The summed E-state index contributed by atoms with van der Waals surface area (Å²) in [5.41, 5.74) is -0.353. The molecule has 0 spiro atoms. The van der Waals surface area contributed by atoms with Crippen molar-refractivity contribution in [2.24, 2.45) is 0 Å². The average molecular weight is 491 g/mol. The molecule has 0 aliphatic carbocycles. The number of phenolic OH excluding ortho intramolecular Hbond substituents is 1. The Balaban J connectivity index is 1.35. The van der Waals surface area contributed by atoms with E-state index in [4.69, 9.17) is 11.6 Å². The van der Waals surface area contributed by atoms with Gasteiger partial charge in [-0.2, -0.15) is 13.2 Å². The first-order chi connectivity index (χ1) is 16.2. The summed E-state index contributed by atoms with van der Waals surface area (Å²) in [5, 5.41) is 13.1. The number of alkyl halides is 3. The number of hydrogen-bond acceptors (Lipinski definition) is 5. The van der Waals surface area contributed by atoms with Crippen LogP contribution in [0, 0.1) is 0 Å². The van der Waals surface area contributed by atoms with Crippen molar-refractivity contribution >= 4 is 29.0 Å². The van der Waals surface area contributed by atoms with Crippen molar-refractivity contribution in [3.63, 3.8) is 0 Å².